The van der Waals surface area contributed by atoms with Gasteiger partial charge in [-0.25, -0.2) is 0 Å². The van der Waals surface area contributed by atoms with E-state index in [4.69, 9.17) is 4.74 Å². The van der Waals surface area contributed by atoms with Crippen molar-refractivity contribution in [2.45, 2.75) is 13.1 Å². The van der Waals surface area contributed by atoms with Crippen molar-refractivity contribution < 1.29 is 9.53 Å². The molecule has 3 aromatic carbocycles. The van der Waals surface area contributed by atoms with Gasteiger partial charge in [-0.2, -0.15) is 9.78 Å². The van der Waals surface area contributed by atoms with Gasteiger partial charge in [-0.1, -0.05) is 60.7 Å². The molecule has 0 atom stereocenters. The van der Waals surface area contributed by atoms with Crippen molar-refractivity contribution >= 4 is 16.7 Å². The largest absolute Gasteiger partial charge is 0.379 e. The van der Waals surface area contributed by atoms with Crippen molar-refractivity contribution in [2.24, 2.45) is 0 Å². The number of rotatable bonds is 6. The molecule has 1 aromatic heterocycles. The quantitative estimate of drug-likeness (QED) is 0.484. The maximum Gasteiger partial charge on any atom is 0.279 e. The molecule has 0 bridgehead atoms. The predicted octanol–water partition coefficient (Wildman–Crippen LogP) is 3.15. The van der Waals surface area contributed by atoms with Gasteiger partial charge in [0.15, 0.2) is 5.69 Å². The summed E-state index contributed by atoms with van der Waals surface area (Å²) in [5.41, 5.74) is 2.82. The molecule has 172 valence electrons. The molecule has 1 aliphatic rings. The van der Waals surface area contributed by atoms with Crippen LogP contribution in [-0.4, -0.2) is 46.9 Å². The number of hydrogen-bond acceptors (Lipinski definition) is 5. The summed E-state index contributed by atoms with van der Waals surface area (Å²) in [6.07, 6.45) is 0. The van der Waals surface area contributed by atoms with E-state index in [2.05, 4.69) is 21.4 Å². The summed E-state index contributed by atoms with van der Waals surface area (Å²) >= 11 is 0. The summed E-state index contributed by atoms with van der Waals surface area (Å²) in [7, 11) is 0. The van der Waals surface area contributed by atoms with E-state index in [0.29, 0.717) is 23.0 Å². The third kappa shape index (κ3) is 4.62. The van der Waals surface area contributed by atoms with Crippen LogP contribution in [-0.2, 0) is 17.8 Å². The van der Waals surface area contributed by atoms with Gasteiger partial charge in [-0.15, -0.1) is 0 Å². The van der Waals surface area contributed by atoms with E-state index in [1.807, 2.05) is 42.5 Å². The minimum Gasteiger partial charge on any atom is -0.379 e. The van der Waals surface area contributed by atoms with Crippen LogP contribution < -0.4 is 10.9 Å². The van der Waals surface area contributed by atoms with Gasteiger partial charge in [0.1, 0.15) is 0 Å². The van der Waals surface area contributed by atoms with Crippen molar-refractivity contribution in [1.29, 1.82) is 0 Å². The number of morpholine rings is 1. The minimum absolute atomic E-state index is 0.227. The van der Waals surface area contributed by atoms with Gasteiger partial charge in [0, 0.05) is 31.6 Å². The maximum absolute atomic E-state index is 13.3. The highest BCUT2D eigenvalue weighted by molar-refractivity contribution is 6.04. The van der Waals surface area contributed by atoms with E-state index in [0.717, 1.165) is 38.4 Å². The van der Waals surface area contributed by atoms with Crippen molar-refractivity contribution in [2.75, 3.05) is 26.3 Å². The molecule has 0 aliphatic carbocycles. The number of benzene rings is 3. The average Bonchev–Trinajstić information content (AvgIpc) is 2.89. The summed E-state index contributed by atoms with van der Waals surface area (Å²) in [5.74, 6) is -0.318. The molecule has 4 aromatic rings. The Balaban J connectivity index is 1.43. The molecule has 1 N–H and O–H groups in total. The number of nitrogens with zero attached hydrogens (tertiary/aromatic N) is 3. The first-order valence-corrected chi connectivity index (χ1v) is 11.4. The van der Waals surface area contributed by atoms with E-state index >= 15 is 0 Å². The van der Waals surface area contributed by atoms with Crippen LogP contribution in [0.2, 0.25) is 0 Å². The number of nitrogens with one attached hydrogen (secondary N) is 1. The first kappa shape index (κ1) is 22.0. The Labute approximate surface area is 197 Å². The summed E-state index contributed by atoms with van der Waals surface area (Å²) in [5, 5.41) is 8.49. The molecule has 5 rings (SSSR count). The van der Waals surface area contributed by atoms with Gasteiger partial charge in [0.2, 0.25) is 0 Å². The Hall–Kier alpha value is -3.81. The summed E-state index contributed by atoms with van der Waals surface area (Å²) < 4.78 is 6.75. The molecule has 34 heavy (non-hydrogen) atoms. The van der Waals surface area contributed by atoms with Gasteiger partial charge in [-0.05, 0) is 29.3 Å². The van der Waals surface area contributed by atoms with Gasteiger partial charge >= 0.3 is 0 Å². The molecule has 2 heterocycles. The molecule has 1 amide bonds. The van der Waals surface area contributed by atoms with Gasteiger partial charge in [-0.3, -0.25) is 14.5 Å². The zero-order valence-electron chi connectivity index (χ0n) is 18.8. The van der Waals surface area contributed by atoms with Crippen LogP contribution in [0.25, 0.3) is 16.5 Å². The monoisotopic (exact) mass is 454 g/mol. The number of carbonyl (C=O) groups excluding carboxylic acids is 1. The topological polar surface area (TPSA) is 76.5 Å². The lowest BCUT2D eigenvalue weighted by Crippen LogP contribution is -2.36. The number of para-hydroxylation sites is 1. The highest BCUT2D eigenvalue weighted by Gasteiger charge is 2.18. The lowest BCUT2D eigenvalue weighted by Gasteiger charge is -2.27. The Kier molecular flexibility index (Phi) is 6.46. The van der Waals surface area contributed by atoms with Crippen LogP contribution >= 0.6 is 0 Å². The standard InChI is InChI=1S/C27H26N4O3/c32-26(28-18-20-8-4-5-9-21(20)19-30-14-16-34-17-15-30)25-23-12-6-7-13-24(23)27(33)31(29-25)22-10-2-1-3-11-22/h1-13H,14-19H2,(H,28,32). The fraction of sp³-hybridized carbons (Fsp3) is 0.222. The molecular formula is C27H26N4O3. The zero-order valence-corrected chi connectivity index (χ0v) is 18.8. The first-order chi connectivity index (χ1) is 16.7. The van der Waals surface area contributed by atoms with Crippen LogP contribution in [0.4, 0.5) is 0 Å². The molecule has 0 saturated carbocycles. The fourth-order valence-corrected chi connectivity index (χ4v) is 4.24. The van der Waals surface area contributed by atoms with Gasteiger partial charge in [0.25, 0.3) is 11.5 Å². The Morgan fingerprint density at radius 2 is 1.50 bits per heavy atom. The molecule has 0 radical (unpaired) electrons. The molecule has 0 unspecified atom stereocenters. The molecule has 7 nitrogen and oxygen atoms in total. The summed E-state index contributed by atoms with van der Waals surface area (Å²) in [4.78, 5) is 28.7. The maximum atomic E-state index is 13.3. The molecule has 1 saturated heterocycles. The lowest BCUT2D eigenvalue weighted by atomic mass is 10.1. The van der Waals surface area contributed by atoms with Crippen molar-refractivity contribution in [3.63, 3.8) is 0 Å². The van der Waals surface area contributed by atoms with Gasteiger partial charge in [0.05, 0.1) is 24.3 Å². The van der Waals surface area contributed by atoms with Crippen LogP contribution in [0, 0.1) is 0 Å². The normalized spacial score (nSPS) is 14.2. The Morgan fingerprint density at radius 1 is 0.853 bits per heavy atom. The highest BCUT2D eigenvalue weighted by Crippen LogP contribution is 2.17. The van der Waals surface area contributed by atoms with Gasteiger partial charge < -0.3 is 10.1 Å². The Morgan fingerprint density at radius 3 is 2.26 bits per heavy atom. The van der Waals surface area contributed by atoms with Crippen molar-refractivity contribution in [3.8, 4) is 5.69 Å². The average molecular weight is 455 g/mol. The van der Waals surface area contributed by atoms with E-state index in [9.17, 15) is 9.59 Å². The smallest absolute Gasteiger partial charge is 0.279 e. The lowest BCUT2D eigenvalue weighted by molar-refractivity contribution is 0.0340. The fourth-order valence-electron chi connectivity index (χ4n) is 4.24. The third-order valence-corrected chi connectivity index (χ3v) is 6.08. The molecule has 1 fully saturated rings. The van der Waals surface area contributed by atoms with Crippen LogP contribution in [0.15, 0.2) is 83.7 Å². The first-order valence-electron chi connectivity index (χ1n) is 11.4. The van der Waals surface area contributed by atoms with Crippen molar-refractivity contribution in [1.82, 2.24) is 20.0 Å². The molecule has 7 heteroatoms. The summed E-state index contributed by atoms with van der Waals surface area (Å²) in [6.45, 7) is 4.48. The number of carbonyl (C=O) groups is 1. The second-order valence-electron chi connectivity index (χ2n) is 8.29. The minimum atomic E-state index is -0.318. The number of ether oxygens (including phenoxy) is 1. The predicted molar refractivity (Wildman–Crippen MR) is 131 cm³/mol. The Bertz CT molecular complexity index is 1360. The van der Waals surface area contributed by atoms with E-state index in [-0.39, 0.29) is 17.2 Å². The van der Waals surface area contributed by atoms with Crippen LogP contribution in [0.5, 0.6) is 0 Å². The van der Waals surface area contributed by atoms with Crippen LogP contribution in [0.3, 0.4) is 0 Å². The summed E-state index contributed by atoms with van der Waals surface area (Å²) in [6, 6.07) is 24.4. The molecular weight excluding hydrogens is 428 g/mol. The number of amides is 1. The van der Waals surface area contributed by atoms with E-state index in [1.54, 1.807) is 30.3 Å². The number of fused-ring (bicyclic) bond motifs is 1. The van der Waals surface area contributed by atoms with E-state index < -0.39 is 0 Å². The number of hydrogen-bond donors (Lipinski definition) is 1. The van der Waals surface area contributed by atoms with E-state index in [1.165, 1.54) is 10.2 Å². The molecule has 1 aliphatic heterocycles. The SMILES string of the molecule is O=C(NCc1ccccc1CN1CCOCC1)c1nn(-c2ccccc2)c(=O)c2ccccc12. The van der Waals surface area contributed by atoms with Crippen molar-refractivity contribution in [3.05, 3.63) is 106 Å². The zero-order chi connectivity index (χ0) is 23.3. The highest BCUT2D eigenvalue weighted by atomic mass is 16.5. The second-order valence-corrected chi connectivity index (χ2v) is 8.29. The second kappa shape index (κ2) is 9.99. The molecule has 0 spiro atoms. The third-order valence-electron chi connectivity index (χ3n) is 6.08. The number of aromatic nitrogens is 2. The van der Waals surface area contributed by atoms with Crippen LogP contribution in [0.1, 0.15) is 21.6 Å².